The molecule has 0 aromatic carbocycles. The number of hydrogen-bond donors (Lipinski definition) is 2. The van der Waals surface area contributed by atoms with Gasteiger partial charge in [-0.1, -0.05) is 6.92 Å². The first kappa shape index (κ1) is 11.8. The highest BCUT2D eigenvalue weighted by molar-refractivity contribution is 5.92. The van der Waals surface area contributed by atoms with Crippen LogP contribution in [0.1, 0.15) is 43.1 Å². The smallest absolute Gasteiger partial charge is 0.271 e. The van der Waals surface area contributed by atoms with Gasteiger partial charge in [0.25, 0.3) is 11.5 Å². The molecule has 1 heterocycles. The third-order valence-electron chi connectivity index (χ3n) is 3.26. The molecule has 1 aromatic rings. The van der Waals surface area contributed by atoms with Crippen LogP contribution in [0.2, 0.25) is 0 Å². The number of nitrogens with zero attached hydrogens (tertiary/aromatic N) is 1. The van der Waals surface area contributed by atoms with Crippen LogP contribution in [0.5, 0.6) is 0 Å². The van der Waals surface area contributed by atoms with E-state index in [0.29, 0.717) is 0 Å². The Kier molecular flexibility index (Phi) is 3.56. The van der Waals surface area contributed by atoms with Crippen LogP contribution in [-0.2, 0) is 0 Å². The first-order valence-corrected chi connectivity index (χ1v) is 6.02. The summed E-state index contributed by atoms with van der Waals surface area (Å²) in [6.45, 7) is 2.24. The Balaban J connectivity index is 1.93. The molecule has 1 aliphatic rings. The van der Waals surface area contributed by atoms with Gasteiger partial charge in [-0.2, -0.15) is 5.10 Å². The van der Waals surface area contributed by atoms with E-state index in [1.807, 2.05) is 0 Å². The molecule has 17 heavy (non-hydrogen) atoms. The maximum absolute atomic E-state index is 11.8. The molecule has 5 heteroatoms. The molecule has 1 amide bonds. The molecular weight excluding hydrogens is 218 g/mol. The molecule has 92 valence electrons. The summed E-state index contributed by atoms with van der Waals surface area (Å²) in [7, 11) is 0. The third kappa shape index (κ3) is 3.15. The molecule has 0 atom stereocenters. The molecule has 0 saturated heterocycles. The number of rotatable bonds is 2. The Bertz CT molecular complexity index is 427. The minimum atomic E-state index is -0.298. The molecule has 0 radical (unpaired) electrons. The molecule has 2 N–H and O–H groups in total. The molecule has 0 bridgehead atoms. The summed E-state index contributed by atoms with van der Waals surface area (Å²) in [6, 6.07) is 3.00. The molecule has 1 aromatic heterocycles. The van der Waals surface area contributed by atoms with Crippen molar-refractivity contribution in [3.63, 3.8) is 0 Å². The van der Waals surface area contributed by atoms with Gasteiger partial charge in [0.1, 0.15) is 5.69 Å². The summed E-state index contributed by atoms with van der Waals surface area (Å²) in [6.07, 6.45) is 4.36. The normalized spacial score (nSPS) is 24.3. The Labute approximate surface area is 99.6 Å². The average molecular weight is 235 g/mol. The number of H-pyrrole nitrogens is 1. The number of amides is 1. The monoisotopic (exact) mass is 235 g/mol. The van der Waals surface area contributed by atoms with E-state index in [1.165, 1.54) is 12.1 Å². The number of aromatic amines is 1. The summed E-state index contributed by atoms with van der Waals surface area (Å²) < 4.78 is 0. The van der Waals surface area contributed by atoms with E-state index in [9.17, 15) is 9.59 Å². The molecule has 2 rings (SSSR count). The minimum Gasteiger partial charge on any atom is -0.348 e. The molecule has 5 nitrogen and oxygen atoms in total. The predicted molar refractivity (Wildman–Crippen MR) is 63.7 cm³/mol. The van der Waals surface area contributed by atoms with Crippen LogP contribution < -0.4 is 10.9 Å². The van der Waals surface area contributed by atoms with Gasteiger partial charge in [0.2, 0.25) is 0 Å². The topological polar surface area (TPSA) is 74.8 Å². The number of aromatic nitrogens is 2. The lowest BCUT2D eigenvalue weighted by molar-refractivity contribution is 0.0917. The highest BCUT2D eigenvalue weighted by Crippen LogP contribution is 2.23. The Morgan fingerprint density at radius 2 is 2.06 bits per heavy atom. The maximum Gasteiger partial charge on any atom is 0.271 e. The highest BCUT2D eigenvalue weighted by atomic mass is 16.2. The van der Waals surface area contributed by atoms with Gasteiger partial charge < -0.3 is 5.32 Å². The van der Waals surface area contributed by atoms with Crippen molar-refractivity contribution in [2.75, 3.05) is 0 Å². The van der Waals surface area contributed by atoms with Crippen molar-refractivity contribution in [3.05, 3.63) is 28.2 Å². The maximum atomic E-state index is 11.8. The van der Waals surface area contributed by atoms with Gasteiger partial charge >= 0.3 is 0 Å². The van der Waals surface area contributed by atoms with Crippen LogP contribution in [0.3, 0.4) is 0 Å². The van der Waals surface area contributed by atoms with Crippen LogP contribution in [0.4, 0.5) is 0 Å². The van der Waals surface area contributed by atoms with Crippen molar-refractivity contribution in [2.45, 2.75) is 38.6 Å². The van der Waals surface area contributed by atoms with Gasteiger partial charge in [-0.25, -0.2) is 5.10 Å². The van der Waals surface area contributed by atoms with Crippen LogP contribution in [-0.4, -0.2) is 22.1 Å². The largest absolute Gasteiger partial charge is 0.348 e. The van der Waals surface area contributed by atoms with E-state index in [0.717, 1.165) is 31.6 Å². The number of nitrogens with one attached hydrogen (secondary N) is 2. The summed E-state index contributed by atoms with van der Waals surface area (Å²) in [4.78, 5) is 22.6. The number of carbonyl (C=O) groups is 1. The number of hydrogen-bond acceptors (Lipinski definition) is 3. The molecule has 0 unspecified atom stereocenters. The van der Waals surface area contributed by atoms with Crippen molar-refractivity contribution in [1.29, 1.82) is 0 Å². The van der Waals surface area contributed by atoms with Crippen LogP contribution in [0.15, 0.2) is 16.9 Å². The fraction of sp³-hybridized carbons (Fsp3) is 0.583. The fourth-order valence-electron chi connectivity index (χ4n) is 2.13. The SMILES string of the molecule is CC1CCC(NC(=O)c2ccc(=O)[nH]n2)CC1. The van der Waals surface area contributed by atoms with E-state index in [4.69, 9.17) is 0 Å². The zero-order valence-electron chi connectivity index (χ0n) is 9.90. The summed E-state index contributed by atoms with van der Waals surface area (Å²) in [5.41, 5.74) is -0.0312. The van der Waals surface area contributed by atoms with Gasteiger partial charge in [-0.15, -0.1) is 0 Å². The Hall–Kier alpha value is -1.65. The second-order valence-corrected chi connectivity index (χ2v) is 4.74. The van der Waals surface area contributed by atoms with Crippen molar-refractivity contribution < 1.29 is 4.79 Å². The van der Waals surface area contributed by atoms with E-state index in [-0.39, 0.29) is 23.2 Å². The molecule has 0 spiro atoms. The van der Waals surface area contributed by atoms with Crippen molar-refractivity contribution >= 4 is 5.91 Å². The first-order chi connectivity index (χ1) is 8.15. The van der Waals surface area contributed by atoms with Crippen molar-refractivity contribution in [1.82, 2.24) is 15.5 Å². The number of carbonyl (C=O) groups excluding carboxylic acids is 1. The van der Waals surface area contributed by atoms with Crippen molar-refractivity contribution in [3.8, 4) is 0 Å². The van der Waals surface area contributed by atoms with Crippen LogP contribution in [0, 0.1) is 5.92 Å². The summed E-state index contributed by atoms with van der Waals surface area (Å²) >= 11 is 0. The second-order valence-electron chi connectivity index (χ2n) is 4.74. The fourth-order valence-corrected chi connectivity index (χ4v) is 2.13. The highest BCUT2D eigenvalue weighted by Gasteiger charge is 2.20. The lowest BCUT2D eigenvalue weighted by Gasteiger charge is -2.26. The van der Waals surface area contributed by atoms with E-state index >= 15 is 0 Å². The second kappa shape index (κ2) is 5.12. The molecule has 1 aliphatic carbocycles. The van der Waals surface area contributed by atoms with Gasteiger partial charge in [-0.3, -0.25) is 9.59 Å². The Morgan fingerprint density at radius 1 is 1.35 bits per heavy atom. The zero-order valence-corrected chi connectivity index (χ0v) is 9.90. The van der Waals surface area contributed by atoms with Gasteiger partial charge in [0.05, 0.1) is 0 Å². The minimum absolute atomic E-state index is 0.208. The average Bonchev–Trinajstić information content (AvgIpc) is 2.33. The van der Waals surface area contributed by atoms with Gasteiger partial charge in [0.15, 0.2) is 0 Å². The third-order valence-corrected chi connectivity index (χ3v) is 3.26. The first-order valence-electron chi connectivity index (χ1n) is 6.02. The van der Waals surface area contributed by atoms with E-state index in [2.05, 4.69) is 22.4 Å². The lowest BCUT2D eigenvalue weighted by Crippen LogP contribution is -2.38. The predicted octanol–water partition coefficient (Wildman–Crippen LogP) is 1.08. The zero-order chi connectivity index (χ0) is 12.3. The van der Waals surface area contributed by atoms with Crippen LogP contribution >= 0.6 is 0 Å². The quantitative estimate of drug-likeness (QED) is 0.805. The lowest BCUT2D eigenvalue weighted by atomic mass is 9.87. The van der Waals surface area contributed by atoms with Crippen molar-refractivity contribution in [2.24, 2.45) is 5.92 Å². The van der Waals surface area contributed by atoms with Gasteiger partial charge in [-0.05, 0) is 37.7 Å². The summed E-state index contributed by atoms with van der Waals surface area (Å²) in [5, 5.41) is 8.92. The molecule has 1 saturated carbocycles. The van der Waals surface area contributed by atoms with Gasteiger partial charge in [0, 0.05) is 12.1 Å². The molecular formula is C12H17N3O2. The molecule has 0 aliphatic heterocycles. The standard InChI is InChI=1S/C12H17N3O2/c1-8-2-4-9(5-3-8)13-12(17)10-6-7-11(16)15-14-10/h6-9H,2-5H2,1H3,(H,13,17)(H,15,16). The van der Waals surface area contributed by atoms with Crippen LogP contribution in [0.25, 0.3) is 0 Å². The molecule has 1 fully saturated rings. The van der Waals surface area contributed by atoms with E-state index in [1.54, 1.807) is 0 Å². The Morgan fingerprint density at radius 3 is 2.65 bits per heavy atom. The summed E-state index contributed by atoms with van der Waals surface area (Å²) in [5.74, 6) is 0.551. The van der Waals surface area contributed by atoms with E-state index < -0.39 is 0 Å².